The van der Waals surface area contributed by atoms with Crippen molar-refractivity contribution < 1.29 is 14.4 Å². The summed E-state index contributed by atoms with van der Waals surface area (Å²) in [5.74, 6) is -0.295. The van der Waals surface area contributed by atoms with Crippen LogP contribution in [0.4, 0.5) is 0 Å². The minimum atomic E-state index is -0.405. The van der Waals surface area contributed by atoms with Crippen molar-refractivity contribution in [1.82, 2.24) is 0 Å². The van der Waals surface area contributed by atoms with E-state index in [0.717, 1.165) is 5.56 Å². The van der Waals surface area contributed by atoms with Crippen LogP contribution in [-0.2, 0) is 21.0 Å². The van der Waals surface area contributed by atoms with Crippen LogP contribution >= 0.6 is 0 Å². The first-order valence-corrected chi connectivity index (χ1v) is 5.36. The normalized spacial score (nSPS) is 11.0. The third kappa shape index (κ3) is 5.55. The van der Waals surface area contributed by atoms with Gasteiger partial charge in [-0.3, -0.25) is 4.79 Å². The number of carbonyl (C=O) groups excluding carboxylic acids is 1. The zero-order chi connectivity index (χ0) is 12.5. The Hall–Kier alpha value is -2.04. The molecule has 0 bridgehead atoms. The fraction of sp³-hybridized carbons (Fsp3) is 0.333. The topological polar surface area (TPSA) is 73.9 Å². The fourth-order valence-electron chi connectivity index (χ4n) is 1.16. The second-order valence-corrected chi connectivity index (χ2v) is 3.32. The number of ether oxygens (including phenoxy) is 1. The molecule has 1 aromatic carbocycles. The van der Waals surface area contributed by atoms with Gasteiger partial charge in [0, 0.05) is 0 Å². The van der Waals surface area contributed by atoms with Gasteiger partial charge in [-0.25, -0.2) is 0 Å². The maximum atomic E-state index is 11.0. The molecule has 0 aliphatic carbocycles. The van der Waals surface area contributed by atoms with Gasteiger partial charge in [0.25, 0.3) is 0 Å². The predicted octanol–water partition coefficient (Wildman–Crippen LogP) is 1.43. The van der Waals surface area contributed by atoms with E-state index in [-0.39, 0.29) is 12.3 Å². The molecule has 0 aliphatic rings. The van der Waals surface area contributed by atoms with Crippen LogP contribution in [-0.4, -0.2) is 18.4 Å². The average Bonchev–Trinajstić information content (AvgIpc) is 2.30. The third-order valence-corrected chi connectivity index (χ3v) is 1.89. The number of oxime groups is 1. The van der Waals surface area contributed by atoms with E-state index in [1.54, 1.807) is 6.92 Å². The van der Waals surface area contributed by atoms with Gasteiger partial charge in [-0.1, -0.05) is 35.5 Å². The van der Waals surface area contributed by atoms with Crippen molar-refractivity contribution >= 4 is 11.8 Å². The zero-order valence-corrected chi connectivity index (χ0v) is 9.76. The van der Waals surface area contributed by atoms with Gasteiger partial charge in [-0.05, 0) is 12.5 Å². The first-order valence-electron chi connectivity index (χ1n) is 5.36. The van der Waals surface area contributed by atoms with E-state index in [0.29, 0.717) is 13.2 Å². The Bertz CT molecular complexity index is 377. The molecule has 0 unspecified atom stereocenters. The van der Waals surface area contributed by atoms with Crippen LogP contribution in [0.1, 0.15) is 18.9 Å². The number of rotatable bonds is 6. The van der Waals surface area contributed by atoms with Crippen molar-refractivity contribution in [2.75, 3.05) is 6.61 Å². The van der Waals surface area contributed by atoms with Crippen molar-refractivity contribution in [2.24, 2.45) is 10.9 Å². The van der Waals surface area contributed by atoms with Gasteiger partial charge in [0.2, 0.25) is 0 Å². The van der Waals surface area contributed by atoms with Crippen molar-refractivity contribution in [3.8, 4) is 0 Å². The molecule has 0 fully saturated rings. The Morgan fingerprint density at radius 3 is 2.71 bits per heavy atom. The third-order valence-electron chi connectivity index (χ3n) is 1.89. The smallest absolute Gasteiger partial charge is 0.313 e. The number of carbonyl (C=O) groups is 1. The molecule has 5 heteroatoms. The van der Waals surface area contributed by atoms with Crippen molar-refractivity contribution in [3.05, 3.63) is 35.9 Å². The summed E-state index contributed by atoms with van der Waals surface area (Å²) in [6, 6.07) is 9.56. The Morgan fingerprint density at radius 2 is 2.06 bits per heavy atom. The quantitative estimate of drug-likeness (QED) is 0.351. The van der Waals surface area contributed by atoms with Crippen LogP contribution in [0, 0.1) is 0 Å². The summed E-state index contributed by atoms with van der Waals surface area (Å²) < 4.78 is 4.72. The van der Waals surface area contributed by atoms with Crippen molar-refractivity contribution in [1.29, 1.82) is 0 Å². The summed E-state index contributed by atoms with van der Waals surface area (Å²) in [5, 5.41) is 3.64. The van der Waals surface area contributed by atoms with E-state index in [2.05, 4.69) is 5.16 Å². The van der Waals surface area contributed by atoms with E-state index in [9.17, 15) is 4.79 Å². The summed E-state index contributed by atoms with van der Waals surface area (Å²) in [7, 11) is 0. The monoisotopic (exact) mass is 236 g/mol. The molecular formula is C12H16N2O3. The number of esters is 1. The summed E-state index contributed by atoms with van der Waals surface area (Å²) >= 11 is 0. The number of nitrogens with zero attached hydrogens (tertiary/aromatic N) is 1. The van der Waals surface area contributed by atoms with Gasteiger partial charge in [-0.15, -0.1) is 0 Å². The lowest BCUT2D eigenvalue weighted by molar-refractivity contribution is -0.141. The standard InChI is InChI=1S/C12H16N2O3/c1-2-16-12(15)8-11(13)14-17-9-10-6-4-3-5-7-10/h3-7H,2,8-9H2,1H3,(H2,13,14). The lowest BCUT2D eigenvalue weighted by Crippen LogP contribution is -2.19. The highest BCUT2D eigenvalue weighted by Crippen LogP contribution is 2.00. The lowest BCUT2D eigenvalue weighted by Gasteiger charge is -2.02. The van der Waals surface area contributed by atoms with E-state index >= 15 is 0 Å². The SMILES string of the molecule is CCOC(=O)CC(N)=NOCc1ccccc1. The molecule has 0 saturated heterocycles. The van der Waals surface area contributed by atoms with E-state index < -0.39 is 5.97 Å². The fourth-order valence-corrected chi connectivity index (χ4v) is 1.16. The molecule has 0 aliphatic heterocycles. The molecule has 0 radical (unpaired) electrons. The second-order valence-electron chi connectivity index (χ2n) is 3.32. The molecule has 2 N–H and O–H groups in total. The van der Waals surface area contributed by atoms with Crippen molar-refractivity contribution in [2.45, 2.75) is 20.0 Å². The van der Waals surface area contributed by atoms with Crippen LogP contribution in [0.2, 0.25) is 0 Å². The maximum Gasteiger partial charge on any atom is 0.313 e. The number of amidine groups is 1. The second kappa shape index (κ2) is 7.27. The molecule has 5 nitrogen and oxygen atoms in total. The highest BCUT2D eigenvalue weighted by atomic mass is 16.6. The number of benzene rings is 1. The van der Waals surface area contributed by atoms with Crippen LogP contribution in [0.3, 0.4) is 0 Å². The van der Waals surface area contributed by atoms with Gasteiger partial charge in [-0.2, -0.15) is 0 Å². The van der Waals surface area contributed by atoms with Crippen LogP contribution in [0.25, 0.3) is 0 Å². The Morgan fingerprint density at radius 1 is 1.35 bits per heavy atom. The zero-order valence-electron chi connectivity index (χ0n) is 9.76. The van der Waals surface area contributed by atoms with Gasteiger partial charge >= 0.3 is 5.97 Å². The summed E-state index contributed by atoms with van der Waals surface area (Å²) in [5.41, 5.74) is 6.48. The molecule has 0 atom stereocenters. The number of hydrogen-bond donors (Lipinski definition) is 1. The Balaban J connectivity index is 2.31. The van der Waals surface area contributed by atoms with E-state index in [1.165, 1.54) is 0 Å². The van der Waals surface area contributed by atoms with Crippen LogP contribution < -0.4 is 5.73 Å². The molecule has 1 aromatic rings. The van der Waals surface area contributed by atoms with Crippen molar-refractivity contribution in [3.63, 3.8) is 0 Å². The molecule has 17 heavy (non-hydrogen) atoms. The predicted molar refractivity (Wildman–Crippen MR) is 64.1 cm³/mol. The van der Waals surface area contributed by atoms with Crippen LogP contribution in [0.15, 0.2) is 35.5 Å². The molecule has 1 rings (SSSR count). The summed E-state index contributed by atoms with van der Waals surface area (Å²) in [6.45, 7) is 2.39. The number of nitrogens with two attached hydrogens (primary N) is 1. The Labute approximate surface area is 100 Å². The summed E-state index contributed by atoms with van der Waals surface area (Å²) in [4.78, 5) is 16.1. The van der Waals surface area contributed by atoms with Gasteiger partial charge in [0.1, 0.15) is 13.0 Å². The maximum absolute atomic E-state index is 11.0. The highest BCUT2D eigenvalue weighted by molar-refractivity contribution is 5.96. The van der Waals surface area contributed by atoms with Gasteiger partial charge < -0.3 is 15.3 Å². The van der Waals surface area contributed by atoms with E-state index in [4.69, 9.17) is 15.3 Å². The summed E-state index contributed by atoms with van der Waals surface area (Å²) in [6.07, 6.45) is -0.0529. The molecule has 92 valence electrons. The molecule has 0 spiro atoms. The first kappa shape index (κ1) is 13.0. The molecular weight excluding hydrogens is 220 g/mol. The largest absolute Gasteiger partial charge is 0.466 e. The highest BCUT2D eigenvalue weighted by Gasteiger charge is 2.04. The van der Waals surface area contributed by atoms with Crippen LogP contribution in [0.5, 0.6) is 0 Å². The minimum Gasteiger partial charge on any atom is -0.466 e. The van der Waals surface area contributed by atoms with Gasteiger partial charge in [0.05, 0.1) is 6.61 Å². The lowest BCUT2D eigenvalue weighted by atomic mass is 10.2. The average molecular weight is 236 g/mol. The molecule has 0 aromatic heterocycles. The van der Waals surface area contributed by atoms with E-state index in [1.807, 2.05) is 30.3 Å². The molecule has 0 heterocycles. The number of hydrogen-bond acceptors (Lipinski definition) is 4. The molecule has 0 amide bonds. The first-order chi connectivity index (χ1) is 8.22. The Kier molecular flexibility index (Phi) is 5.57. The van der Waals surface area contributed by atoms with Gasteiger partial charge in [0.15, 0.2) is 5.84 Å². The minimum absolute atomic E-state index is 0.0529. The molecule has 0 saturated carbocycles.